The third-order valence-electron chi connectivity index (χ3n) is 4.88. The fourth-order valence-electron chi connectivity index (χ4n) is 3.05. The van der Waals surface area contributed by atoms with E-state index < -0.39 is 22.6 Å². The van der Waals surface area contributed by atoms with Gasteiger partial charge in [0.1, 0.15) is 12.7 Å². The fraction of sp³-hybridized carbons (Fsp3) is 0.250. The van der Waals surface area contributed by atoms with Crippen LogP contribution in [0, 0.1) is 10.1 Å². The Morgan fingerprint density at radius 1 is 1.28 bits per heavy atom. The van der Waals surface area contributed by atoms with Gasteiger partial charge in [-0.05, 0) is 37.7 Å². The lowest BCUT2D eigenvalue weighted by Crippen LogP contribution is -2.32. The van der Waals surface area contributed by atoms with Crippen LogP contribution in [0.15, 0.2) is 55.1 Å². The molecule has 1 heterocycles. The van der Waals surface area contributed by atoms with Crippen LogP contribution in [0.2, 0.25) is 0 Å². The number of rotatable bonds is 7. The Kier molecular flexibility index (Phi) is 6.53. The number of carbonyl (C=O) groups excluding carboxylic acids is 1. The van der Waals surface area contributed by atoms with Crippen LogP contribution in [0.5, 0.6) is 0 Å². The smallest absolute Gasteiger partial charge is 0.323 e. The minimum absolute atomic E-state index is 0.0753. The average Bonchev–Trinajstić information content (AvgIpc) is 3.27. The van der Waals surface area contributed by atoms with Crippen molar-refractivity contribution in [3.8, 4) is 5.69 Å². The van der Waals surface area contributed by atoms with E-state index in [9.17, 15) is 28.1 Å². The number of amides is 1. The zero-order valence-electron chi connectivity index (χ0n) is 17.1. The van der Waals surface area contributed by atoms with Gasteiger partial charge in [0.2, 0.25) is 5.91 Å². The summed E-state index contributed by atoms with van der Waals surface area (Å²) >= 11 is 0. The Bertz CT molecular complexity index is 1120. The summed E-state index contributed by atoms with van der Waals surface area (Å²) in [4.78, 5) is 28.5. The summed E-state index contributed by atoms with van der Waals surface area (Å²) in [5.41, 5.74) is -0.231. The largest absolute Gasteiger partial charge is 0.416 e. The molecule has 3 rings (SSSR count). The van der Waals surface area contributed by atoms with E-state index in [1.54, 1.807) is 31.0 Å². The maximum Gasteiger partial charge on any atom is 0.416 e. The first-order chi connectivity index (χ1) is 15.1. The van der Waals surface area contributed by atoms with E-state index in [1.807, 2.05) is 0 Å². The molecule has 0 saturated heterocycles. The number of nitro benzene ring substituents is 1. The van der Waals surface area contributed by atoms with Gasteiger partial charge in [0.05, 0.1) is 28.4 Å². The normalized spacial score (nSPS) is 12.6. The van der Waals surface area contributed by atoms with E-state index >= 15 is 0 Å². The highest BCUT2D eigenvalue weighted by atomic mass is 19.4. The van der Waals surface area contributed by atoms with Gasteiger partial charge in [0.25, 0.3) is 5.69 Å². The molecule has 0 aliphatic rings. The van der Waals surface area contributed by atoms with Gasteiger partial charge in [0.15, 0.2) is 0 Å². The van der Waals surface area contributed by atoms with Crippen molar-refractivity contribution in [2.75, 3.05) is 18.9 Å². The first kappa shape index (κ1) is 22.9. The number of benzene rings is 2. The number of carbonyl (C=O) groups is 1. The predicted octanol–water partition coefficient (Wildman–Crippen LogP) is 3.83. The van der Waals surface area contributed by atoms with Crippen molar-refractivity contribution in [3.05, 3.63) is 76.4 Å². The highest BCUT2D eigenvalue weighted by molar-refractivity contribution is 5.94. The van der Waals surface area contributed by atoms with Crippen molar-refractivity contribution >= 4 is 17.3 Å². The Hall–Kier alpha value is -3.80. The maximum absolute atomic E-state index is 13.2. The van der Waals surface area contributed by atoms with Crippen molar-refractivity contribution in [3.63, 3.8) is 0 Å². The molecule has 0 aliphatic heterocycles. The van der Waals surface area contributed by atoms with E-state index in [0.29, 0.717) is 5.56 Å². The van der Waals surface area contributed by atoms with Crippen LogP contribution >= 0.6 is 0 Å². The quantitative estimate of drug-likeness (QED) is 0.435. The summed E-state index contributed by atoms with van der Waals surface area (Å²) in [7, 11) is 1.63. The molecule has 1 N–H and O–H groups in total. The molecule has 0 saturated carbocycles. The van der Waals surface area contributed by atoms with Crippen molar-refractivity contribution < 1.29 is 22.9 Å². The predicted molar refractivity (Wildman–Crippen MR) is 109 cm³/mol. The van der Waals surface area contributed by atoms with Gasteiger partial charge >= 0.3 is 6.18 Å². The fourth-order valence-corrected chi connectivity index (χ4v) is 3.05. The SMILES string of the molecule is C[C@@H](c1cccc([N+](=O)[O-])c1)N(C)CC(=O)Nc1cc(C(F)(F)F)ccc1-n1cncn1. The molecule has 32 heavy (non-hydrogen) atoms. The molecule has 1 amide bonds. The number of halogens is 3. The Morgan fingerprint density at radius 3 is 2.66 bits per heavy atom. The van der Waals surface area contributed by atoms with Gasteiger partial charge in [-0.2, -0.15) is 18.3 Å². The van der Waals surface area contributed by atoms with Crippen molar-refractivity contribution in [2.45, 2.75) is 19.1 Å². The van der Waals surface area contributed by atoms with Crippen LogP contribution in [0.3, 0.4) is 0 Å². The molecule has 0 aliphatic carbocycles. The lowest BCUT2D eigenvalue weighted by molar-refractivity contribution is -0.384. The van der Waals surface area contributed by atoms with Crippen LogP contribution in [0.4, 0.5) is 24.5 Å². The van der Waals surface area contributed by atoms with Gasteiger partial charge < -0.3 is 5.32 Å². The highest BCUT2D eigenvalue weighted by Crippen LogP contribution is 2.33. The lowest BCUT2D eigenvalue weighted by Gasteiger charge is -2.24. The first-order valence-corrected chi connectivity index (χ1v) is 9.37. The molecule has 168 valence electrons. The molecular formula is C20H19F3N6O3. The summed E-state index contributed by atoms with van der Waals surface area (Å²) in [6.45, 7) is 1.59. The zero-order valence-corrected chi connectivity index (χ0v) is 17.1. The number of likely N-dealkylation sites (N-methyl/N-ethyl adjacent to an activating group) is 1. The zero-order chi connectivity index (χ0) is 23.5. The molecule has 3 aromatic rings. The minimum Gasteiger partial charge on any atom is -0.323 e. The number of nitrogens with one attached hydrogen (secondary N) is 1. The number of alkyl halides is 3. The van der Waals surface area contributed by atoms with E-state index in [1.165, 1.54) is 35.5 Å². The van der Waals surface area contributed by atoms with Crippen molar-refractivity contribution in [2.24, 2.45) is 0 Å². The molecule has 0 radical (unpaired) electrons. The summed E-state index contributed by atoms with van der Waals surface area (Å²) in [6.07, 6.45) is -2.07. The van der Waals surface area contributed by atoms with E-state index in [-0.39, 0.29) is 29.6 Å². The van der Waals surface area contributed by atoms with Gasteiger partial charge in [-0.1, -0.05) is 12.1 Å². The van der Waals surface area contributed by atoms with Gasteiger partial charge in [-0.3, -0.25) is 19.8 Å². The topological polar surface area (TPSA) is 106 Å². The van der Waals surface area contributed by atoms with Crippen LogP contribution < -0.4 is 5.32 Å². The van der Waals surface area contributed by atoms with E-state index in [2.05, 4.69) is 15.4 Å². The van der Waals surface area contributed by atoms with Gasteiger partial charge in [0, 0.05) is 18.2 Å². The van der Waals surface area contributed by atoms with Crippen LogP contribution in [-0.2, 0) is 11.0 Å². The first-order valence-electron chi connectivity index (χ1n) is 9.37. The maximum atomic E-state index is 13.2. The number of aromatic nitrogens is 3. The molecule has 12 heteroatoms. The number of hydrogen-bond donors (Lipinski definition) is 1. The molecular weight excluding hydrogens is 429 g/mol. The molecule has 9 nitrogen and oxygen atoms in total. The summed E-state index contributed by atoms with van der Waals surface area (Å²) in [5, 5.41) is 17.4. The van der Waals surface area contributed by atoms with Gasteiger partial charge in [-0.15, -0.1) is 0 Å². The Labute approximate surface area is 180 Å². The average molecular weight is 448 g/mol. The Balaban J connectivity index is 1.79. The second-order valence-electron chi connectivity index (χ2n) is 7.06. The summed E-state index contributed by atoms with van der Waals surface area (Å²) < 4.78 is 40.7. The molecule has 0 bridgehead atoms. The number of non-ortho nitro benzene ring substituents is 1. The van der Waals surface area contributed by atoms with Crippen LogP contribution in [0.25, 0.3) is 5.69 Å². The number of nitro groups is 1. The van der Waals surface area contributed by atoms with Crippen molar-refractivity contribution in [1.82, 2.24) is 19.7 Å². The number of hydrogen-bond acceptors (Lipinski definition) is 6. The van der Waals surface area contributed by atoms with Crippen molar-refractivity contribution in [1.29, 1.82) is 0 Å². The Morgan fingerprint density at radius 2 is 2.03 bits per heavy atom. The summed E-state index contributed by atoms with van der Waals surface area (Å²) in [5.74, 6) is -0.564. The second-order valence-corrected chi connectivity index (χ2v) is 7.06. The highest BCUT2D eigenvalue weighted by Gasteiger charge is 2.31. The molecule has 1 atom stereocenters. The lowest BCUT2D eigenvalue weighted by atomic mass is 10.1. The van der Waals surface area contributed by atoms with Gasteiger partial charge in [-0.25, -0.2) is 9.67 Å². The third-order valence-corrected chi connectivity index (χ3v) is 4.88. The standard InChI is InChI=1S/C20H19F3N6O3/c1-13(14-4-3-5-16(8-14)29(31)32)27(2)10-19(30)26-17-9-15(20(21,22)23)6-7-18(17)28-12-24-11-25-28/h3-9,11-13H,10H2,1-2H3,(H,26,30)/t13-/m0/s1. The molecule has 2 aromatic carbocycles. The molecule has 1 aromatic heterocycles. The molecule has 0 fully saturated rings. The summed E-state index contributed by atoms with van der Waals surface area (Å²) in [6, 6.07) is 8.57. The second kappa shape index (κ2) is 9.14. The third kappa shape index (κ3) is 5.27. The molecule has 0 unspecified atom stereocenters. The minimum atomic E-state index is -4.59. The van der Waals surface area contributed by atoms with E-state index in [4.69, 9.17) is 0 Å². The monoisotopic (exact) mass is 448 g/mol. The van der Waals surface area contributed by atoms with E-state index in [0.717, 1.165) is 12.1 Å². The van der Waals surface area contributed by atoms with Crippen LogP contribution in [-0.4, -0.2) is 44.1 Å². The number of anilines is 1. The number of nitrogens with zero attached hydrogens (tertiary/aromatic N) is 5. The van der Waals surface area contributed by atoms with Crippen LogP contribution in [0.1, 0.15) is 24.1 Å². The molecule has 0 spiro atoms.